The van der Waals surface area contributed by atoms with Crippen molar-refractivity contribution in [1.29, 1.82) is 0 Å². The van der Waals surface area contributed by atoms with E-state index in [9.17, 15) is 4.79 Å². The summed E-state index contributed by atoms with van der Waals surface area (Å²) in [6.07, 6.45) is 3.75. The molecular weight excluding hydrogens is 320 g/mol. The Balaban J connectivity index is 1.71. The van der Waals surface area contributed by atoms with Gasteiger partial charge in [0, 0.05) is 35.1 Å². The average Bonchev–Trinajstić information content (AvgIpc) is 3.01. The first-order valence-corrected chi connectivity index (χ1v) is 7.85. The molecule has 0 saturated carbocycles. The summed E-state index contributed by atoms with van der Waals surface area (Å²) in [4.78, 5) is 11.2. The molecule has 1 aliphatic heterocycles. The standard InChI is InChI=1S/C15H19BrN2O2/c1-20-13-7-10(16)6-9-2-4-12(15(9)13)17-8-11-3-5-14(19)18-11/h6-7,11-12,17H,2-5,8H2,1H3,(H,18,19)/t11-,12-/m0/s1. The van der Waals surface area contributed by atoms with Crippen molar-refractivity contribution in [1.82, 2.24) is 10.6 Å². The number of benzene rings is 1. The number of carbonyl (C=O) groups is 1. The first-order chi connectivity index (χ1) is 9.67. The molecule has 1 fully saturated rings. The fourth-order valence-corrected chi connectivity index (χ4v) is 3.67. The van der Waals surface area contributed by atoms with Crippen LogP contribution in [-0.4, -0.2) is 25.6 Å². The number of aryl methyl sites for hydroxylation is 1. The van der Waals surface area contributed by atoms with Crippen LogP contribution >= 0.6 is 15.9 Å². The van der Waals surface area contributed by atoms with Gasteiger partial charge in [0.05, 0.1) is 7.11 Å². The molecule has 108 valence electrons. The van der Waals surface area contributed by atoms with E-state index in [1.807, 2.05) is 6.07 Å². The second-order valence-corrected chi connectivity index (χ2v) is 6.40. The summed E-state index contributed by atoms with van der Waals surface area (Å²) in [5.74, 6) is 1.12. The number of hydrogen-bond acceptors (Lipinski definition) is 3. The van der Waals surface area contributed by atoms with Crippen molar-refractivity contribution < 1.29 is 9.53 Å². The van der Waals surface area contributed by atoms with Gasteiger partial charge in [-0.15, -0.1) is 0 Å². The van der Waals surface area contributed by atoms with E-state index < -0.39 is 0 Å². The van der Waals surface area contributed by atoms with Crippen LogP contribution in [0.3, 0.4) is 0 Å². The highest BCUT2D eigenvalue weighted by atomic mass is 79.9. The molecule has 1 amide bonds. The lowest BCUT2D eigenvalue weighted by molar-refractivity contribution is -0.119. The summed E-state index contributed by atoms with van der Waals surface area (Å²) >= 11 is 3.53. The van der Waals surface area contributed by atoms with Crippen LogP contribution in [0, 0.1) is 0 Å². The lowest BCUT2D eigenvalue weighted by Crippen LogP contribution is -2.36. The third kappa shape index (κ3) is 2.69. The van der Waals surface area contributed by atoms with Gasteiger partial charge in [0.25, 0.3) is 0 Å². The Hall–Kier alpha value is -1.07. The summed E-state index contributed by atoms with van der Waals surface area (Å²) in [6.45, 7) is 0.828. The van der Waals surface area contributed by atoms with Gasteiger partial charge < -0.3 is 15.4 Å². The minimum absolute atomic E-state index is 0.171. The van der Waals surface area contributed by atoms with Crippen LogP contribution in [0.4, 0.5) is 0 Å². The summed E-state index contributed by atoms with van der Waals surface area (Å²) in [5.41, 5.74) is 2.63. The van der Waals surface area contributed by atoms with Crippen LogP contribution in [0.15, 0.2) is 16.6 Å². The van der Waals surface area contributed by atoms with E-state index in [4.69, 9.17) is 4.74 Å². The molecule has 1 aliphatic carbocycles. The number of hydrogen-bond donors (Lipinski definition) is 2. The fourth-order valence-electron chi connectivity index (χ4n) is 3.18. The minimum Gasteiger partial charge on any atom is -0.496 e. The molecular formula is C15H19BrN2O2. The van der Waals surface area contributed by atoms with Gasteiger partial charge >= 0.3 is 0 Å². The second kappa shape index (κ2) is 5.74. The zero-order chi connectivity index (χ0) is 14.1. The van der Waals surface area contributed by atoms with Crippen molar-refractivity contribution >= 4 is 21.8 Å². The topological polar surface area (TPSA) is 50.4 Å². The molecule has 0 spiro atoms. The van der Waals surface area contributed by atoms with Gasteiger partial charge in [0.2, 0.25) is 5.91 Å². The Labute approximate surface area is 127 Å². The molecule has 1 heterocycles. The van der Waals surface area contributed by atoms with Gasteiger partial charge in [-0.05, 0) is 37.0 Å². The minimum atomic E-state index is 0.171. The van der Waals surface area contributed by atoms with Gasteiger partial charge in [-0.25, -0.2) is 0 Å². The first kappa shape index (κ1) is 13.9. The number of carbonyl (C=O) groups excluding carboxylic acids is 1. The van der Waals surface area contributed by atoms with Crippen molar-refractivity contribution in [3.63, 3.8) is 0 Å². The zero-order valence-corrected chi connectivity index (χ0v) is 13.1. The highest BCUT2D eigenvalue weighted by molar-refractivity contribution is 9.10. The van der Waals surface area contributed by atoms with Crippen LogP contribution in [-0.2, 0) is 11.2 Å². The van der Waals surface area contributed by atoms with E-state index in [0.717, 1.165) is 36.0 Å². The van der Waals surface area contributed by atoms with E-state index in [-0.39, 0.29) is 11.9 Å². The van der Waals surface area contributed by atoms with Gasteiger partial charge in [0.15, 0.2) is 0 Å². The number of amides is 1. The molecule has 5 heteroatoms. The molecule has 0 aromatic heterocycles. The van der Waals surface area contributed by atoms with Gasteiger partial charge in [-0.1, -0.05) is 15.9 Å². The quantitative estimate of drug-likeness (QED) is 0.885. The molecule has 2 aliphatic rings. The molecule has 1 saturated heterocycles. The molecule has 3 rings (SSSR count). The molecule has 2 N–H and O–H groups in total. The van der Waals surface area contributed by atoms with Gasteiger partial charge in [-0.2, -0.15) is 0 Å². The van der Waals surface area contributed by atoms with Crippen molar-refractivity contribution in [2.45, 2.75) is 37.8 Å². The van der Waals surface area contributed by atoms with Crippen molar-refractivity contribution in [3.8, 4) is 5.75 Å². The molecule has 2 atom stereocenters. The lowest BCUT2D eigenvalue weighted by Gasteiger charge is -2.19. The van der Waals surface area contributed by atoms with E-state index in [1.165, 1.54) is 11.1 Å². The van der Waals surface area contributed by atoms with Crippen LogP contribution in [0.5, 0.6) is 5.75 Å². The van der Waals surface area contributed by atoms with Crippen molar-refractivity contribution in [2.24, 2.45) is 0 Å². The molecule has 0 unspecified atom stereocenters. The van der Waals surface area contributed by atoms with E-state index >= 15 is 0 Å². The zero-order valence-electron chi connectivity index (χ0n) is 11.5. The predicted molar refractivity (Wildman–Crippen MR) is 80.9 cm³/mol. The number of halogens is 1. The Kier molecular flexibility index (Phi) is 3.98. The van der Waals surface area contributed by atoms with Gasteiger partial charge in [0.1, 0.15) is 5.75 Å². The lowest BCUT2D eigenvalue weighted by atomic mass is 10.1. The Morgan fingerprint density at radius 3 is 2.95 bits per heavy atom. The first-order valence-electron chi connectivity index (χ1n) is 7.06. The molecule has 0 radical (unpaired) electrons. The van der Waals surface area contributed by atoms with Crippen LogP contribution < -0.4 is 15.4 Å². The molecule has 4 nitrogen and oxygen atoms in total. The number of ether oxygens (including phenoxy) is 1. The second-order valence-electron chi connectivity index (χ2n) is 5.48. The predicted octanol–water partition coefficient (Wildman–Crippen LogP) is 2.31. The Morgan fingerprint density at radius 2 is 2.25 bits per heavy atom. The number of methoxy groups -OCH3 is 1. The number of rotatable bonds is 4. The summed E-state index contributed by atoms with van der Waals surface area (Å²) < 4.78 is 6.58. The van der Waals surface area contributed by atoms with E-state index in [2.05, 4.69) is 32.6 Å². The summed E-state index contributed by atoms with van der Waals surface area (Å²) in [5, 5.41) is 6.58. The molecule has 0 bridgehead atoms. The molecule has 1 aromatic rings. The maximum absolute atomic E-state index is 11.2. The normalized spacial score (nSPS) is 24.6. The van der Waals surface area contributed by atoms with E-state index in [1.54, 1.807) is 7.11 Å². The van der Waals surface area contributed by atoms with Crippen LogP contribution in [0.2, 0.25) is 0 Å². The van der Waals surface area contributed by atoms with Gasteiger partial charge in [-0.3, -0.25) is 4.79 Å². The Bertz CT molecular complexity index is 533. The smallest absolute Gasteiger partial charge is 0.220 e. The van der Waals surface area contributed by atoms with Crippen molar-refractivity contribution in [2.75, 3.05) is 13.7 Å². The highest BCUT2D eigenvalue weighted by Gasteiger charge is 2.28. The monoisotopic (exact) mass is 338 g/mol. The number of fused-ring (bicyclic) bond motifs is 1. The fraction of sp³-hybridized carbons (Fsp3) is 0.533. The third-order valence-electron chi connectivity index (χ3n) is 4.16. The number of nitrogens with one attached hydrogen (secondary N) is 2. The van der Waals surface area contributed by atoms with Crippen LogP contribution in [0.25, 0.3) is 0 Å². The van der Waals surface area contributed by atoms with E-state index in [0.29, 0.717) is 12.5 Å². The maximum atomic E-state index is 11.2. The summed E-state index contributed by atoms with van der Waals surface area (Å²) in [6, 6.07) is 4.80. The Morgan fingerprint density at radius 1 is 1.40 bits per heavy atom. The maximum Gasteiger partial charge on any atom is 0.220 e. The average molecular weight is 339 g/mol. The van der Waals surface area contributed by atoms with Crippen molar-refractivity contribution in [3.05, 3.63) is 27.7 Å². The summed E-state index contributed by atoms with van der Waals surface area (Å²) in [7, 11) is 1.72. The SMILES string of the molecule is COc1cc(Br)cc2c1[C@@H](NC[C@@H]1CCC(=O)N1)CC2. The highest BCUT2D eigenvalue weighted by Crippen LogP contribution is 2.40. The molecule has 20 heavy (non-hydrogen) atoms. The molecule has 1 aromatic carbocycles. The largest absolute Gasteiger partial charge is 0.496 e. The third-order valence-corrected chi connectivity index (χ3v) is 4.62. The van der Waals surface area contributed by atoms with Crippen LogP contribution in [0.1, 0.15) is 36.4 Å².